The lowest BCUT2D eigenvalue weighted by molar-refractivity contribution is -0.112. The maximum absolute atomic E-state index is 12.0. The maximum Gasteiger partial charge on any atom is 0.267 e. The Morgan fingerprint density at radius 2 is 2.16 bits per heavy atom. The summed E-state index contributed by atoms with van der Waals surface area (Å²) >= 11 is 5.84. The van der Waals surface area contributed by atoms with Crippen LogP contribution in [0.1, 0.15) is 12.8 Å². The van der Waals surface area contributed by atoms with Crippen LogP contribution in [0, 0.1) is 11.3 Å². The molecule has 19 heavy (non-hydrogen) atoms. The van der Waals surface area contributed by atoms with Crippen LogP contribution in [0.2, 0.25) is 5.02 Å². The highest BCUT2D eigenvalue weighted by Crippen LogP contribution is 2.16. The highest BCUT2D eigenvalue weighted by atomic mass is 35.5. The van der Waals surface area contributed by atoms with Crippen LogP contribution < -0.4 is 5.32 Å². The van der Waals surface area contributed by atoms with Crippen molar-refractivity contribution < 1.29 is 4.79 Å². The quantitative estimate of drug-likeness (QED) is 0.682. The van der Waals surface area contributed by atoms with E-state index in [1.54, 1.807) is 30.5 Å². The monoisotopic (exact) mass is 275 g/mol. The Morgan fingerprint density at radius 3 is 2.79 bits per heavy atom. The summed E-state index contributed by atoms with van der Waals surface area (Å²) in [6.07, 6.45) is 3.84. The van der Waals surface area contributed by atoms with Crippen molar-refractivity contribution in [2.75, 3.05) is 18.4 Å². The van der Waals surface area contributed by atoms with Crippen molar-refractivity contribution in [2.45, 2.75) is 12.8 Å². The lowest BCUT2D eigenvalue weighted by Crippen LogP contribution is -2.18. The zero-order chi connectivity index (χ0) is 13.7. The predicted molar refractivity (Wildman–Crippen MR) is 74.6 cm³/mol. The number of benzene rings is 1. The highest BCUT2D eigenvalue weighted by Gasteiger charge is 2.14. The first-order valence-corrected chi connectivity index (χ1v) is 6.50. The van der Waals surface area contributed by atoms with E-state index >= 15 is 0 Å². The fourth-order valence-corrected chi connectivity index (χ4v) is 2.15. The van der Waals surface area contributed by atoms with Crippen molar-refractivity contribution >= 4 is 23.2 Å². The molecule has 1 aliphatic rings. The Kier molecular flexibility index (Phi) is 4.43. The molecule has 0 aromatic heterocycles. The molecule has 1 amide bonds. The first-order chi connectivity index (χ1) is 9.19. The Hall–Kier alpha value is -1.99. The SMILES string of the molecule is N#C/C(=C\N1CCCC1)C(=O)Nc1cccc(Cl)c1. The second kappa shape index (κ2) is 6.26. The van der Waals surface area contributed by atoms with Gasteiger partial charge in [-0.3, -0.25) is 4.79 Å². The second-order valence-electron chi connectivity index (χ2n) is 4.36. The first-order valence-electron chi connectivity index (χ1n) is 6.12. The molecule has 0 aliphatic carbocycles. The summed E-state index contributed by atoms with van der Waals surface area (Å²) in [5.41, 5.74) is 0.696. The van der Waals surface area contributed by atoms with E-state index in [2.05, 4.69) is 5.32 Å². The molecule has 1 aromatic carbocycles. The van der Waals surface area contributed by atoms with Gasteiger partial charge in [0.05, 0.1) is 0 Å². The van der Waals surface area contributed by atoms with Gasteiger partial charge in [-0.25, -0.2) is 0 Å². The molecule has 98 valence electrons. The molecule has 0 unspecified atom stereocenters. The van der Waals surface area contributed by atoms with Crippen LogP contribution >= 0.6 is 11.6 Å². The number of hydrogen-bond acceptors (Lipinski definition) is 3. The Balaban J connectivity index is 2.07. The minimum atomic E-state index is -0.406. The smallest absolute Gasteiger partial charge is 0.267 e. The van der Waals surface area contributed by atoms with Gasteiger partial charge in [-0.05, 0) is 31.0 Å². The van der Waals surface area contributed by atoms with E-state index in [-0.39, 0.29) is 5.57 Å². The minimum Gasteiger partial charge on any atom is -0.376 e. The third-order valence-electron chi connectivity index (χ3n) is 2.90. The molecule has 0 radical (unpaired) electrons. The van der Waals surface area contributed by atoms with Crippen LogP contribution in [0.15, 0.2) is 36.0 Å². The number of nitrogens with zero attached hydrogens (tertiary/aromatic N) is 2. The number of likely N-dealkylation sites (tertiary alicyclic amines) is 1. The van der Waals surface area contributed by atoms with E-state index < -0.39 is 5.91 Å². The number of anilines is 1. The maximum atomic E-state index is 12.0. The Morgan fingerprint density at radius 1 is 1.42 bits per heavy atom. The number of halogens is 1. The fourth-order valence-electron chi connectivity index (χ4n) is 1.96. The van der Waals surface area contributed by atoms with Crippen molar-refractivity contribution in [3.05, 3.63) is 41.1 Å². The topological polar surface area (TPSA) is 56.1 Å². The van der Waals surface area contributed by atoms with Gasteiger partial charge in [-0.1, -0.05) is 17.7 Å². The van der Waals surface area contributed by atoms with Crippen LogP contribution in [0.25, 0.3) is 0 Å². The van der Waals surface area contributed by atoms with Crippen LogP contribution in [-0.4, -0.2) is 23.9 Å². The van der Waals surface area contributed by atoms with Crippen LogP contribution in [0.4, 0.5) is 5.69 Å². The number of carbonyl (C=O) groups excluding carboxylic acids is 1. The Bertz CT molecular complexity index is 542. The molecule has 0 saturated carbocycles. The summed E-state index contributed by atoms with van der Waals surface area (Å²) in [6.45, 7) is 1.80. The third kappa shape index (κ3) is 3.73. The van der Waals surface area contributed by atoms with Gasteiger partial charge in [0.1, 0.15) is 11.6 Å². The lowest BCUT2D eigenvalue weighted by atomic mass is 10.2. The van der Waals surface area contributed by atoms with E-state index in [0.717, 1.165) is 25.9 Å². The van der Waals surface area contributed by atoms with Crippen LogP contribution in [0.3, 0.4) is 0 Å². The Labute approximate surface area is 117 Å². The van der Waals surface area contributed by atoms with Crippen molar-refractivity contribution in [3.8, 4) is 6.07 Å². The molecule has 0 spiro atoms. The van der Waals surface area contributed by atoms with Gasteiger partial charge in [0.15, 0.2) is 0 Å². The van der Waals surface area contributed by atoms with E-state index in [9.17, 15) is 4.79 Å². The van der Waals surface area contributed by atoms with Crippen molar-refractivity contribution in [2.24, 2.45) is 0 Å². The summed E-state index contributed by atoms with van der Waals surface area (Å²) in [5.74, 6) is -0.406. The molecule has 1 aliphatic heterocycles. The molecule has 1 heterocycles. The van der Waals surface area contributed by atoms with Gasteiger partial charge in [0, 0.05) is 30.0 Å². The summed E-state index contributed by atoms with van der Waals surface area (Å²) < 4.78 is 0. The molecule has 4 nitrogen and oxygen atoms in total. The number of nitriles is 1. The first kappa shape index (κ1) is 13.4. The molecule has 0 atom stereocenters. The number of carbonyl (C=O) groups is 1. The standard InChI is InChI=1S/C14H14ClN3O/c15-12-4-3-5-13(8-12)17-14(19)11(9-16)10-18-6-1-2-7-18/h3-5,8,10H,1-2,6-7H2,(H,17,19)/b11-10+. The summed E-state index contributed by atoms with van der Waals surface area (Å²) in [5, 5.41) is 12.3. The minimum absolute atomic E-state index is 0.113. The number of amides is 1. The zero-order valence-electron chi connectivity index (χ0n) is 10.4. The molecule has 0 bridgehead atoms. The van der Waals surface area contributed by atoms with Gasteiger partial charge in [0.25, 0.3) is 5.91 Å². The van der Waals surface area contributed by atoms with E-state index in [1.807, 2.05) is 11.0 Å². The van der Waals surface area contributed by atoms with Gasteiger partial charge in [0.2, 0.25) is 0 Å². The molecular weight excluding hydrogens is 262 g/mol. The molecule has 2 rings (SSSR count). The van der Waals surface area contributed by atoms with Gasteiger partial charge < -0.3 is 10.2 Å². The number of nitrogens with one attached hydrogen (secondary N) is 1. The fraction of sp³-hybridized carbons (Fsp3) is 0.286. The highest BCUT2D eigenvalue weighted by molar-refractivity contribution is 6.31. The summed E-state index contributed by atoms with van der Waals surface area (Å²) in [4.78, 5) is 14.0. The summed E-state index contributed by atoms with van der Waals surface area (Å²) in [7, 11) is 0. The lowest BCUT2D eigenvalue weighted by Gasteiger charge is -2.12. The van der Waals surface area contributed by atoms with Gasteiger partial charge in [-0.2, -0.15) is 5.26 Å². The number of hydrogen-bond donors (Lipinski definition) is 1. The molecule has 1 aromatic rings. The van der Waals surface area contributed by atoms with E-state index in [1.165, 1.54) is 0 Å². The molecule has 1 N–H and O–H groups in total. The third-order valence-corrected chi connectivity index (χ3v) is 3.13. The average Bonchev–Trinajstić information content (AvgIpc) is 2.88. The normalized spacial score (nSPS) is 15.2. The van der Waals surface area contributed by atoms with Gasteiger partial charge in [-0.15, -0.1) is 0 Å². The largest absolute Gasteiger partial charge is 0.376 e. The molecule has 5 heteroatoms. The van der Waals surface area contributed by atoms with Crippen molar-refractivity contribution in [1.82, 2.24) is 4.90 Å². The molecule has 1 saturated heterocycles. The molecular formula is C14H14ClN3O. The predicted octanol–water partition coefficient (Wildman–Crippen LogP) is 2.78. The van der Waals surface area contributed by atoms with E-state index in [4.69, 9.17) is 16.9 Å². The van der Waals surface area contributed by atoms with E-state index in [0.29, 0.717) is 10.7 Å². The molecule has 1 fully saturated rings. The average molecular weight is 276 g/mol. The summed E-state index contributed by atoms with van der Waals surface area (Å²) in [6, 6.07) is 8.78. The number of rotatable bonds is 3. The van der Waals surface area contributed by atoms with Gasteiger partial charge >= 0.3 is 0 Å². The second-order valence-corrected chi connectivity index (χ2v) is 4.80. The van der Waals surface area contributed by atoms with Crippen molar-refractivity contribution in [3.63, 3.8) is 0 Å². The van der Waals surface area contributed by atoms with Crippen LogP contribution in [-0.2, 0) is 4.79 Å². The van der Waals surface area contributed by atoms with Crippen molar-refractivity contribution in [1.29, 1.82) is 5.26 Å². The zero-order valence-corrected chi connectivity index (χ0v) is 11.2. The van der Waals surface area contributed by atoms with Crippen LogP contribution in [0.5, 0.6) is 0 Å².